The molecule has 2 N–H and O–H groups in total. The molecule has 8 nitrogen and oxygen atoms in total. The minimum atomic E-state index is -0.452. The van der Waals surface area contributed by atoms with Crippen molar-refractivity contribution in [2.24, 2.45) is 0 Å². The van der Waals surface area contributed by atoms with Gasteiger partial charge in [-0.25, -0.2) is 9.97 Å². The summed E-state index contributed by atoms with van der Waals surface area (Å²) in [5.74, 6) is -0.291. The van der Waals surface area contributed by atoms with Crippen molar-refractivity contribution in [2.75, 3.05) is 18.5 Å². The van der Waals surface area contributed by atoms with Crippen LogP contribution in [-0.2, 0) is 9.59 Å². The first kappa shape index (κ1) is 16.0. The van der Waals surface area contributed by atoms with E-state index in [1.54, 1.807) is 12.3 Å². The van der Waals surface area contributed by atoms with E-state index in [0.29, 0.717) is 11.5 Å². The van der Waals surface area contributed by atoms with Crippen molar-refractivity contribution in [3.63, 3.8) is 0 Å². The predicted molar refractivity (Wildman–Crippen MR) is 93.9 cm³/mol. The molecular formula is C18H15N5O3. The smallest absolute Gasteiger partial charge is 0.277 e. The third-order valence-corrected chi connectivity index (χ3v) is 4.01. The number of anilines is 1. The number of β-amino-alcohol motifs (C(OH)–C–C–N with tert-alkyl or cyclic N) is 1. The van der Waals surface area contributed by atoms with Crippen molar-refractivity contribution < 1.29 is 14.7 Å². The largest absolute Gasteiger partial charge is 0.395 e. The van der Waals surface area contributed by atoms with E-state index in [1.807, 2.05) is 41.1 Å². The number of imide groups is 1. The number of benzene rings is 1. The maximum Gasteiger partial charge on any atom is 0.277 e. The lowest BCUT2D eigenvalue weighted by Crippen LogP contribution is -2.34. The van der Waals surface area contributed by atoms with E-state index >= 15 is 0 Å². The zero-order valence-corrected chi connectivity index (χ0v) is 13.7. The van der Waals surface area contributed by atoms with Crippen LogP contribution in [-0.4, -0.2) is 49.3 Å². The Balaban J connectivity index is 1.59. The van der Waals surface area contributed by atoms with Gasteiger partial charge in [-0.3, -0.25) is 18.9 Å². The van der Waals surface area contributed by atoms with Gasteiger partial charge in [-0.05, 0) is 18.2 Å². The second-order valence-electron chi connectivity index (χ2n) is 5.74. The summed E-state index contributed by atoms with van der Waals surface area (Å²) in [5, 5.41) is 11.9. The number of aromatic nitrogens is 3. The average Bonchev–Trinajstić information content (AvgIpc) is 3.19. The van der Waals surface area contributed by atoms with Crippen molar-refractivity contribution in [1.82, 2.24) is 19.3 Å². The number of carbonyl (C=O) groups excluding carboxylic acids is 2. The number of nitrogens with one attached hydrogen (secondary N) is 1. The van der Waals surface area contributed by atoms with Crippen LogP contribution in [0.3, 0.4) is 0 Å². The Hall–Kier alpha value is -3.52. The summed E-state index contributed by atoms with van der Waals surface area (Å²) in [6.07, 6.45) is 6.65. The lowest BCUT2D eigenvalue weighted by Gasteiger charge is -2.13. The summed E-state index contributed by atoms with van der Waals surface area (Å²) in [6, 6.07) is 9.20. The molecule has 1 aliphatic heterocycles. The number of amides is 2. The number of nitrogens with zero attached hydrogens (tertiary/aromatic N) is 4. The number of hydrogen-bond acceptors (Lipinski definition) is 6. The number of hydrogen-bond donors (Lipinski definition) is 2. The molecule has 2 aromatic heterocycles. The van der Waals surface area contributed by atoms with Gasteiger partial charge in [0, 0.05) is 35.9 Å². The van der Waals surface area contributed by atoms with Crippen LogP contribution in [0.1, 0.15) is 0 Å². The lowest BCUT2D eigenvalue weighted by atomic mass is 10.1. The van der Waals surface area contributed by atoms with Crippen LogP contribution in [0.15, 0.2) is 60.7 Å². The minimum Gasteiger partial charge on any atom is -0.395 e. The van der Waals surface area contributed by atoms with Gasteiger partial charge in [-0.15, -0.1) is 0 Å². The number of rotatable bonds is 5. The molecule has 4 rings (SSSR count). The van der Waals surface area contributed by atoms with Gasteiger partial charge in [-0.2, -0.15) is 0 Å². The molecule has 3 aromatic rings. The topological polar surface area (TPSA) is 99.8 Å². The first-order valence-electron chi connectivity index (χ1n) is 8.01. The highest BCUT2D eigenvalue weighted by atomic mass is 16.3. The lowest BCUT2D eigenvalue weighted by molar-refractivity contribution is -0.137. The first-order chi connectivity index (χ1) is 12.7. The number of carbonyl (C=O) groups is 2. The SMILES string of the molecule is O=C1C=C(Nc2cccc(-c3cn4cccnc4n3)c2)C(=O)N1CCO. The molecule has 0 unspecified atom stereocenters. The van der Waals surface area contributed by atoms with Crippen LogP contribution in [0.5, 0.6) is 0 Å². The van der Waals surface area contributed by atoms with E-state index in [2.05, 4.69) is 15.3 Å². The fourth-order valence-electron chi connectivity index (χ4n) is 2.79. The molecule has 0 aliphatic carbocycles. The van der Waals surface area contributed by atoms with Gasteiger partial charge in [0.05, 0.1) is 18.8 Å². The van der Waals surface area contributed by atoms with E-state index in [0.717, 1.165) is 16.2 Å². The van der Waals surface area contributed by atoms with Gasteiger partial charge in [0.1, 0.15) is 5.70 Å². The highest BCUT2D eigenvalue weighted by Crippen LogP contribution is 2.24. The summed E-state index contributed by atoms with van der Waals surface area (Å²) in [7, 11) is 0. The van der Waals surface area contributed by atoms with E-state index in [1.165, 1.54) is 6.08 Å². The first-order valence-corrected chi connectivity index (χ1v) is 8.01. The van der Waals surface area contributed by atoms with Gasteiger partial charge >= 0.3 is 0 Å². The van der Waals surface area contributed by atoms with Crippen LogP contribution in [0.25, 0.3) is 17.0 Å². The molecular weight excluding hydrogens is 334 g/mol. The van der Waals surface area contributed by atoms with Crippen molar-refractivity contribution in [1.29, 1.82) is 0 Å². The Morgan fingerprint density at radius 1 is 1.19 bits per heavy atom. The van der Waals surface area contributed by atoms with E-state index in [4.69, 9.17) is 5.11 Å². The van der Waals surface area contributed by atoms with Crippen molar-refractivity contribution in [3.8, 4) is 11.3 Å². The molecule has 0 bridgehead atoms. The number of imidazole rings is 1. The molecule has 0 atom stereocenters. The summed E-state index contributed by atoms with van der Waals surface area (Å²) in [4.78, 5) is 33.7. The second-order valence-corrected chi connectivity index (χ2v) is 5.74. The normalized spacial score (nSPS) is 14.2. The van der Waals surface area contributed by atoms with Gasteiger partial charge in [-0.1, -0.05) is 12.1 Å². The highest BCUT2D eigenvalue weighted by Gasteiger charge is 2.30. The summed E-state index contributed by atoms with van der Waals surface area (Å²) in [5.41, 5.74) is 2.44. The molecule has 0 fully saturated rings. The van der Waals surface area contributed by atoms with Gasteiger partial charge in [0.25, 0.3) is 11.8 Å². The van der Waals surface area contributed by atoms with Gasteiger partial charge in [0.2, 0.25) is 5.78 Å². The summed E-state index contributed by atoms with van der Waals surface area (Å²) in [6.45, 7) is -0.288. The van der Waals surface area contributed by atoms with Crippen LogP contribution in [0, 0.1) is 0 Å². The fraction of sp³-hybridized carbons (Fsp3) is 0.111. The third-order valence-electron chi connectivity index (χ3n) is 4.01. The monoisotopic (exact) mass is 349 g/mol. The fourth-order valence-corrected chi connectivity index (χ4v) is 2.79. The van der Waals surface area contributed by atoms with Gasteiger partial charge < -0.3 is 10.4 Å². The molecule has 2 amide bonds. The average molecular weight is 349 g/mol. The Labute approximate surface area is 148 Å². The number of aliphatic hydroxyl groups is 1. The van der Waals surface area contributed by atoms with Gasteiger partial charge in [0.15, 0.2) is 0 Å². The Bertz CT molecular complexity index is 1010. The van der Waals surface area contributed by atoms with Crippen LogP contribution in [0.2, 0.25) is 0 Å². The Kier molecular flexibility index (Phi) is 3.94. The van der Waals surface area contributed by atoms with Crippen molar-refractivity contribution in [3.05, 3.63) is 60.7 Å². The standard InChI is InChI=1S/C18H15N5O3/c24-8-7-23-16(25)10-14(17(23)26)20-13-4-1-3-12(9-13)15-11-22-6-2-5-19-18(22)21-15/h1-6,9-11,20,24H,7-8H2. The zero-order valence-electron chi connectivity index (χ0n) is 13.7. The second kappa shape index (κ2) is 6.41. The number of fused-ring (bicyclic) bond motifs is 1. The number of aliphatic hydroxyl groups excluding tert-OH is 1. The van der Waals surface area contributed by atoms with E-state index in [9.17, 15) is 9.59 Å². The molecule has 3 heterocycles. The minimum absolute atomic E-state index is 0.0202. The molecule has 26 heavy (non-hydrogen) atoms. The molecule has 0 radical (unpaired) electrons. The maximum absolute atomic E-state index is 12.2. The molecule has 8 heteroatoms. The third kappa shape index (κ3) is 2.82. The van der Waals surface area contributed by atoms with E-state index in [-0.39, 0.29) is 18.8 Å². The highest BCUT2D eigenvalue weighted by molar-refractivity contribution is 6.17. The maximum atomic E-state index is 12.2. The van der Waals surface area contributed by atoms with E-state index < -0.39 is 11.8 Å². The van der Waals surface area contributed by atoms with Crippen LogP contribution < -0.4 is 5.32 Å². The molecule has 130 valence electrons. The summed E-state index contributed by atoms with van der Waals surface area (Å²) >= 11 is 0. The molecule has 1 aromatic carbocycles. The van der Waals surface area contributed by atoms with Crippen molar-refractivity contribution in [2.45, 2.75) is 0 Å². The molecule has 0 saturated carbocycles. The van der Waals surface area contributed by atoms with Crippen LogP contribution in [0.4, 0.5) is 5.69 Å². The van der Waals surface area contributed by atoms with Crippen LogP contribution >= 0.6 is 0 Å². The summed E-state index contributed by atoms with van der Waals surface area (Å²) < 4.78 is 1.82. The van der Waals surface area contributed by atoms with Crippen molar-refractivity contribution >= 4 is 23.3 Å². The molecule has 0 saturated heterocycles. The Morgan fingerprint density at radius 3 is 2.88 bits per heavy atom. The molecule has 0 spiro atoms. The predicted octanol–water partition coefficient (Wildman–Crippen LogP) is 1.05. The zero-order chi connectivity index (χ0) is 18.1. The Morgan fingerprint density at radius 2 is 2.08 bits per heavy atom. The molecule has 1 aliphatic rings. The quantitative estimate of drug-likeness (QED) is 0.668.